The Bertz CT molecular complexity index is 1130. The Hall–Kier alpha value is -2.53. The summed E-state index contributed by atoms with van der Waals surface area (Å²) in [6, 6.07) is 14.2. The van der Waals surface area contributed by atoms with Crippen LogP contribution in [-0.2, 0) is 16.4 Å². The van der Waals surface area contributed by atoms with Crippen LogP contribution >= 0.6 is 11.5 Å². The zero-order valence-electron chi connectivity index (χ0n) is 17.4. The largest absolute Gasteiger partial charge is 0.344 e. The number of hydrogen-bond acceptors (Lipinski definition) is 8. The van der Waals surface area contributed by atoms with Crippen molar-refractivity contribution in [1.29, 1.82) is 0 Å². The molecule has 2 N–H and O–H groups in total. The molecule has 1 aliphatic rings. The second-order valence-electron chi connectivity index (χ2n) is 7.70. The summed E-state index contributed by atoms with van der Waals surface area (Å²) >= 11 is 1.36. The van der Waals surface area contributed by atoms with E-state index < -0.39 is 10.0 Å². The van der Waals surface area contributed by atoms with E-state index in [4.69, 9.17) is 5.21 Å². The highest BCUT2D eigenvalue weighted by Gasteiger charge is 2.34. The predicted molar refractivity (Wildman–Crippen MR) is 121 cm³/mol. The van der Waals surface area contributed by atoms with Crippen molar-refractivity contribution in [2.24, 2.45) is 0 Å². The summed E-state index contributed by atoms with van der Waals surface area (Å²) in [7, 11) is -3.62. The molecule has 4 rings (SSSR count). The Balaban J connectivity index is 1.43. The fourth-order valence-electron chi connectivity index (χ4n) is 3.64. The average Bonchev–Trinajstić information content (AvgIpc) is 3.23. The third-order valence-electron chi connectivity index (χ3n) is 5.37. The number of nitrogens with zero attached hydrogens (tertiary/aromatic N) is 4. The fraction of sp³-hybridized carbons (Fsp3) is 0.333. The van der Waals surface area contributed by atoms with E-state index in [2.05, 4.69) is 45.4 Å². The number of rotatable bonds is 6. The molecule has 2 heterocycles. The van der Waals surface area contributed by atoms with Crippen molar-refractivity contribution in [3.63, 3.8) is 0 Å². The van der Waals surface area contributed by atoms with E-state index in [0.29, 0.717) is 31.7 Å². The second kappa shape index (κ2) is 8.91. The van der Waals surface area contributed by atoms with E-state index in [1.807, 2.05) is 12.4 Å². The molecule has 1 aliphatic heterocycles. The third-order valence-corrected chi connectivity index (χ3v) is 8.21. The lowest BCUT2D eigenvalue weighted by Crippen LogP contribution is -2.54. The van der Waals surface area contributed by atoms with Crippen molar-refractivity contribution in [2.45, 2.75) is 31.2 Å². The van der Waals surface area contributed by atoms with Crippen LogP contribution in [0.2, 0.25) is 0 Å². The van der Waals surface area contributed by atoms with Gasteiger partial charge < -0.3 is 4.90 Å². The SMILES string of the molecule is Cc1ccc(Cc2nsc(N3CCN(S(=O)(=O)c4ccc(NO)cc4)C(C)C3)n2)cc1. The van der Waals surface area contributed by atoms with Crippen molar-refractivity contribution in [3.05, 3.63) is 65.5 Å². The molecule has 0 radical (unpaired) electrons. The van der Waals surface area contributed by atoms with Crippen LogP contribution in [0, 0.1) is 6.92 Å². The molecule has 0 spiro atoms. The predicted octanol–water partition coefficient (Wildman–Crippen LogP) is 3.14. The molecule has 2 aromatic carbocycles. The van der Waals surface area contributed by atoms with Crippen LogP contribution in [0.5, 0.6) is 0 Å². The lowest BCUT2D eigenvalue weighted by Gasteiger charge is -2.38. The van der Waals surface area contributed by atoms with Crippen molar-refractivity contribution in [1.82, 2.24) is 13.7 Å². The summed E-state index contributed by atoms with van der Waals surface area (Å²) in [5, 5.41) is 9.75. The van der Waals surface area contributed by atoms with Gasteiger partial charge >= 0.3 is 0 Å². The maximum atomic E-state index is 13.1. The lowest BCUT2D eigenvalue weighted by molar-refractivity contribution is 0.306. The lowest BCUT2D eigenvalue weighted by atomic mass is 10.1. The first-order chi connectivity index (χ1) is 14.9. The molecule has 10 heteroatoms. The molecular formula is C21H25N5O3S2. The van der Waals surface area contributed by atoms with Gasteiger partial charge in [0.1, 0.15) is 5.82 Å². The summed E-state index contributed by atoms with van der Waals surface area (Å²) in [4.78, 5) is 7.00. The van der Waals surface area contributed by atoms with Crippen molar-refractivity contribution in [2.75, 3.05) is 30.0 Å². The minimum Gasteiger partial charge on any atom is -0.344 e. The van der Waals surface area contributed by atoms with E-state index in [1.54, 1.807) is 0 Å². The van der Waals surface area contributed by atoms with E-state index in [1.165, 1.54) is 51.2 Å². The van der Waals surface area contributed by atoms with Crippen LogP contribution in [0.4, 0.5) is 10.8 Å². The third kappa shape index (κ3) is 4.72. The maximum absolute atomic E-state index is 13.1. The number of benzene rings is 2. The summed E-state index contributed by atoms with van der Waals surface area (Å²) in [6.07, 6.45) is 0.680. The number of sulfonamides is 1. The molecule has 1 unspecified atom stereocenters. The van der Waals surface area contributed by atoms with Crippen molar-refractivity contribution < 1.29 is 13.6 Å². The van der Waals surface area contributed by atoms with Gasteiger partial charge in [-0.2, -0.15) is 8.68 Å². The van der Waals surface area contributed by atoms with Gasteiger partial charge in [-0.1, -0.05) is 29.8 Å². The van der Waals surface area contributed by atoms with Crippen molar-refractivity contribution in [3.8, 4) is 0 Å². The average molecular weight is 460 g/mol. The number of hydrogen-bond donors (Lipinski definition) is 2. The highest BCUT2D eigenvalue weighted by molar-refractivity contribution is 7.89. The van der Waals surface area contributed by atoms with Gasteiger partial charge in [-0.15, -0.1) is 0 Å². The highest BCUT2D eigenvalue weighted by atomic mass is 32.2. The fourth-order valence-corrected chi connectivity index (χ4v) is 5.98. The zero-order valence-corrected chi connectivity index (χ0v) is 19.0. The summed E-state index contributed by atoms with van der Waals surface area (Å²) in [6.45, 7) is 5.44. The van der Waals surface area contributed by atoms with E-state index in [0.717, 1.165) is 11.0 Å². The zero-order chi connectivity index (χ0) is 22.0. The molecular weight excluding hydrogens is 434 g/mol. The first kappa shape index (κ1) is 21.7. The standard InChI is InChI=1S/C21H25N5O3S2/c1-15-3-5-17(6-4-15)13-20-22-21(30-24-20)25-11-12-26(16(2)14-25)31(28,29)19-9-7-18(23-27)8-10-19/h3-10,16,23,27H,11-14H2,1-2H3. The Morgan fingerprint density at radius 1 is 1.13 bits per heavy atom. The molecule has 1 saturated heterocycles. The smallest absolute Gasteiger partial charge is 0.243 e. The topological polar surface area (TPSA) is 98.7 Å². The molecule has 0 bridgehead atoms. The van der Waals surface area contributed by atoms with Gasteiger partial charge in [0.2, 0.25) is 15.2 Å². The molecule has 8 nitrogen and oxygen atoms in total. The van der Waals surface area contributed by atoms with Crippen LogP contribution in [0.1, 0.15) is 23.9 Å². The first-order valence-electron chi connectivity index (χ1n) is 10.0. The number of aromatic nitrogens is 2. The molecule has 31 heavy (non-hydrogen) atoms. The van der Waals surface area contributed by atoms with Gasteiger partial charge in [0.15, 0.2) is 0 Å². The van der Waals surface area contributed by atoms with Crippen LogP contribution in [-0.4, -0.2) is 53.0 Å². The minimum absolute atomic E-state index is 0.209. The molecule has 1 atom stereocenters. The maximum Gasteiger partial charge on any atom is 0.243 e. The molecule has 0 aliphatic carbocycles. The minimum atomic E-state index is -3.62. The normalized spacial score (nSPS) is 17.6. The van der Waals surface area contributed by atoms with E-state index in [-0.39, 0.29) is 10.9 Å². The van der Waals surface area contributed by atoms with Crippen LogP contribution < -0.4 is 10.4 Å². The molecule has 1 aromatic heterocycles. The highest BCUT2D eigenvalue weighted by Crippen LogP contribution is 2.26. The quantitative estimate of drug-likeness (QED) is 0.547. The Morgan fingerprint density at radius 2 is 1.84 bits per heavy atom. The molecule has 164 valence electrons. The first-order valence-corrected chi connectivity index (χ1v) is 12.2. The van der Waals surface area contributed by atoms with Gasteiger partial charge in [-0.25, -0.2) is 13.4 Å². The molecule has 3 aromatic rings. The number of nitrogens with one attached hydrogen (secondary N) is 1. The number of piperazine rings is 1. The van der Waals surface area contributed by atoms with Gasteiger partial charge in [-0.3, -0.25) is 10.7 Å². The van der Waals surface area contributed by atoms with Crippen LogP contribution in [0.25, 0.3) is 0 Å². The summed E-state index contributed by atoms with van der Waals surface area (Å²) in [5.74, 6) is 0.782. The van der Waals surface area contributed by atoms with E-state index in [9.17, 15) is 8.42 Å². The molecule has 0 amide bonds. The van der Waals surface area contributed by atoms with Crippen LogP contribution in [0.3, 0.4) is 0 Å². The van der Waals surface area contributed by atoms with Crippen LogP contribution in [0.15, 0.2) is 53.4 Å². The van der Waals surface area contributed by atoms with Gasteiger partial charge in [-0.05, 0) is 43.7 Å². The van der Waals surface area contributed by atoms with E-state index >= 15 is 0 Å². The number of anilines is 2. The van der Waals surface area contributed by atoms with Crippen molar-refractivity contribution >= 4 is 32.4 Å². The summed E-state index contributed by atoms with van der Waals surface area (Å²) in [5.41, 5.74) is 4.84. The number of aryl methyl sites for hydroxylation is 1. The van der Waals surface area contributed by atoms with Gasteiger partial charge in [0, 0.05) is 43.6 Å². The molecule has 0 saturated carbocycles. The Morgan fingerprint density at radius 3 is 2.48 bits per heavy atom. The summed E-state index contributed by atoms with van der Waals surface area (Å²) < 4.78 is 32.2. The van der Waals surface area contributed by atoms with Gasteiger partial charge in [0.05, 0.1) is 10.6 Å². The second-order valence-corrected chi connectivity index (χ2v) is 10.3. The van der Waals surface area contributed by atoms with Gasteiger partial charge in [0.25, 0.3) is 0 Å². The Kier molecular flexibility index (Phi) is 6.24. The molecule has 1 fully saturated rings. The Labute approximate surface area is 186 Å². The monoisotopic (exact) mass is 459 g/mol.